The van der Waals surface area contributed by atoms with Gasteiger partial charge in [0.1, 0.15) is 0 Å². The predicted molar refractivity (Wildman–Crippen MR) is 117 cm³/mol. The molecule has 4 rings (SSSR count). The first-order chi connectivity index (χ1) is 14.5. The van der Waals surface area contributed by atoms with E-state index in [0.29, 0.717) is 23.3 Å². The van der Waals surface area contributed by atoms with Crippen molar-refractivity contribution in [3.63, 3.8) is 0 Å². The Morgan fingerprint density at radius 3 is 2.63 bits per heavy atom. The van der Waals surface area contributed by atoms with Crippen molar-refractivity contribution in [2.75, 3.05) is 18.4 Å². The fraction of sp³-hybridized carbons (Fsp3) is 0.348. The molecule has 6 nitrogen and oxygen atoms in total. The van der Waals surface area contributed by atoms with E-state index in [0.717, 1.165) is 42.7 Å². The van der Waals surface area contributed by atoms with Crippen molar-refractivity contribution in [1.29, 1.82) is 0 Å². The molecule has 156 valence electrons. The molecule has 0 atom stereocenters. The lowest BCUT2D eigenvalue weighted by Gasteiger charge is -2.30. The number of likely N-dealkylation sites (tertiary alicyclic amines) is 1. The van der Waals surface area contributed by atoms with Gasteiger partial charge >= 0.3 is 0 Å². The molecule has 0 radical (unpaired) electrons. The normalized spacial score (nSPS) is 15.3. The summed E-state index contributed by atoms with van der Waals surface area (Å²) in [4.78, 5) is 19.4. The van der Waals surface area contributed by atoms with Crippen LogP contribution in [0, 0.1) is 19.8 Å². The summed E-state index contributed by atoms with van der Waals surface area (Å²) in [5.74, 6) is 1.27. The van der Waals surface area contributed by atoms with Gasteiger partial charge in [0, 0.05) is 22.2 Å². The van der Waals surface area contributed by atoms with Crippen molar-refractivity contribution in [1.82, 2.24) is 15.0 Å². The molecule has 7 heteroatoms. The second kappa shape index (κ2) is 8.98. The lowest BCUT2D eigenvalue weighted by Crippen LogP contribution is -2.37. The van der Waals surface area contributed by atoms with Gasteiger partial charge in [0.15, 0.2) is 0 Å². The molecule has 1 aliphatic heterocycles. The van der Waals surface area contributed by atoms with E-state index in [1.807, 2.05) is 31.2 Å². The molecule has 0 aliphatic carbocycles. The van der Waals surface area contributed by atoms with Gasteiger partial charge in [-0.15, -0.1) is 0 Å². The largest absolute Gasteiger partial charge is 0.338 e. The highest BCUT2D eigenvalue weighted by Gasteiger charge is 2.26. The summed E-state index contributed by atoms with van der Waals surface area (Å²) >= 11 is 5.93. The molecule has 1 amide bonds. The quantitative estimate of drug-likeness (QED) is 0.633. The molecule has 0 unspecified atom stereocenters. The number of hydrogen-bond donors (Lipinski definition) is 1. The highest BCUT2D eigenvalue weighted by atomic mass is 35.5. The number of anilines is 1. The van der Waals surface area contributed by atoms with Gasteiger partial charge in [-0.3, -0.25) is 9.69 Å². The van der Waals surface area contributed by atoms with E-state index in [1.54, 1.807) is 12.1 Å². The van der Waals surface area contributed by atoms with E-state index in [9.17, 15) is 4.79 Å². The van der Waals surface area contributed by atoms with Gasteiger partial charge in [-0.1, -0.05) is 28.9 Å². The van der Waals surface area contributed by atoms with E-state index >= 15 is 0 Å². The Morgan fingerprint density at radius 2 is 1.90 bits per heavy atom. The lowest BCUT2D eigenvalue weighted by atomic mass is 9.95. The Hall–Kier alpha value is -2.70. The second-order valence-electron chi connectivity index (χ2n) is 7.81. The third-order valence-electron chi connectivity index (χ3n) is 5.75. The van der Waals surface area contributed by atoms with Gasteiger partial charge in [-0.05, 0) is 81.2 Å². The Balaban J connectivity index is 1.30. The number of nitrogens with one attached hydrogen (secondary N) is 1. The minimum absolute atomic E-state index is 0.0217. The Kier molecular flexibility index (Phi) is 6.16. The summed E-state index contributed by atoms with van der Waals surface area (Å²) in [6.07, 6.45) is 1.63. The summed E-state index contributed by atoms with van der Waals surface area (Å²) in [7, 11) is 0. The number of benzene rings is 2. The van der Waals surface area contributed by atoms with Gasteiger partial charge in [0.05, 0.1) is 6.54 Å². The van der Waals surface area contributed by atoms with Crippen LogP contribution < -0.4 is 5.32 Å². The predicted octanol–water partition coefficient (Wildman–Crippen LogP) is 4.86. The number of rotatable bonds is 5. The molecule has 0 bridgehead atoms. The summed E-state index contributed by atoms with van der Waals surface area (Å²) in [6, 6.07) is 13.3. The van der Waals surface area contributed by atoms with Crippen LogP contribution >= 0.6 is 11.6 Å². The lowest BCUT2D eigenvalue weighted by molar-refractivity contribution is -0.121. The van der Waals surface area contributed by atoms with Crippen molar-refractivity contribution >= 4 is 23.2 Å². The highest BCUT2D eigenvalue weighted by Crippen LogP contribution is 2.24. The summed E-state index contributed by atoms with van der Waals surface area (Å²) < 4.78 is 5.41. The minimum Gasteiger partial charge on any atom is -0.338 e. The van der Waals surface area contributed by atoms with Crippen molar-refractivity contribution < 1.29 is 9.32 Å². The molecule has 1 fully saturated rings. The van der Waals surface area contributed by atoms with E-state index in [-0.39, 0.29) is 11.8 Å². The Labute approximate surface area is 181 Å². The standard InChI is InChI=1S/C23H25ClN4O2/c1-15-4-3-5-20(16(15)2)25-23(29)18-10-12-28(13-11-18)14-21-26-22(27-30-21)17-6-8-19(24)9-7-17/h3-9,18H,10-14H2,1-2H3,(H,25,29). The molecular formula is C23H25ClN4O2. The van der Waals surface area contributed by atoms with Crippen molar-refractivity contribution in [2.45, 2.75) is 33.2 Å². The average Bonchev–Trinajstić information content (AvgIpc) is 3.21. The molecule has 1 aromatic heterocycles. The Morgan fingerprint density at radius 1 is 1.17 bits per heavy atom. The first-order valence-electron chi connectivity index (χ1n) is 10.2. The summed E-state index contributed by atoms with van der Waals surface area (Å²) in [5, 5.41) is 7.84. The van der Waals surface area contributed by atoms with Crippen molar-refractivity contribution in [3.8, 4) is 11.4 Å². The fourth-order valence-electron chi connectivity index (χ4n) is 3.70. The van der Waals surface area contributed by atoms with E-state index in [2.05, 4.69) is 33.3 Å². The molecule has 2 heterocycles. The average molecular weight is 425 g/mol. The maximum absolute atomic E-state index is 12.7. The van der Waals surface area contributed by atoms with Gasteiger partial charge in [0.2, 0.25) is 17.6 Å². The zero-order chi connectivity index (χ0) is 21.1. The number of carbonyl (C=O) groups is 1. The molecular weight excluding hydrogens is 400 g/mol. The van der Waals surface area contributed by atoms with Crippen LogP contribution in [0.15, 0.2) is 47.0 Å². The first-order valence-corrected chi connectivity index (χ1v) is 10.6. The molecule has 0 saturated carbocycles. The van der Waals surface area contributed by atoms with E-state index in [1.165, 1.54) is 5.56 Å². The number of piperidine rings is 1. The zero-order valence-electron chi connectivity index (χ0n) is 17.2. The van der Waals surface area contributed by atoms with Crippen LogP contribution in [0.1, 0.15) is 29.9 Å². The number of hydrogen-bond acceptors (Lipinski definition) is 5. The molecule has 0 spiro atoms. The smallest absolute Gasteiger partial charge is 0.241 e. The van der Waals surface area contributed by atoms with Crippen molar-refractivity contribution in [2.24, 2.45) is 5.92 Å². The van der Waals surface area contributed by atoms with Gasteiger partial charge in [-0.2, -0.15) is 4.98 Å². The molecule has 30 heavy (non-hydrogen) atoms. The third kappa shape index (κ3) is 4.71. The van der Waals surface area contributed by atoms with Gasteiger partial charge < -0.3 is 9.84 Å². The number of aromatic nitrogens is 2. The van der Waals surface area contributed by atoms with Crippen LogP contribution in [0.3, 0.4) is 0 Å². The van der Waals surface area contributed by atoms with Crippen LogP contribution in [0.4, 0.5) is 5.69 Å². The number of carbonyl (C=O) groups excluding carboxylic acids is 1. The number of aryl methyl sites for hydroxylation is 1. The van der Waals surface area contributed by atoms with E-state index < -0.39 is 0 Å². The third-order valence-corrected chi connectivity index (χ3v) is 6.00. The van der Waals surface area contributed by atoms with Gasteiger partial charge in [-0.25, -0.2) is 0 Å². The molecule has 1 N–H and O–H groups in total. The number of halogens is 1. The van der Waals surface area contributed by atoms with E-state index in [4.69, 9.17) is 16.1 Å². The monoisotopic (exact) mass is 424 g/mol. The van der Waals surface area contributed by atoms with Crippen molar-refractivity contribution in [3.05, 3.63) is 64.5 Å². The molecule has 2 aromatic carbocycles. The first kappa shape index (κ1) is 20.6. The maximum atomic E-state index is 12.7. The number of amides is 1. The zero-order valence-corrected chi connectivity index (χ0v) is 17.9. The number of nitrogens with zero attached hydrogens (tertiary/aromatic N) is 3. The minimum atomic E-state index is 0.0217. The summed E-state index contributed by atoms with van der Waals surface area (Å²) in [6.45, 7) is 6.33. The van der Waals surface area contributed by atoms with Crippen LogP contribution in [0.2, 0.25) is 5.02 Å². The maximum Gasteiger partial charge on any atom is 0.241 e. The molecule has 3 aromatic rings. The Bertz CT molecular complexity index is 1020. The fourth-order valence-corrected chi connectivity index (χ4v) is 3.83. The highest BCUT2D eigenvalue weighted by molar-refractivity contribution is 6.30. The molecule has 1 aliphatic rings. The second-order valence-corrected chi connectivity index (χ2v) is 8.24. The van der Waals surface area contributed by atoms with Crippen LogP contribution in [-0.2, 0) is 11.3 Å². The topological polar surface area (TPSA) is 71.3 Å². The summed E-state index contributed by atoms with van der Waals surface area (Å²) in [5.41, 5.74) is 4.08. The molecule has 1 saturated heterocycles. The van der Waals surface area contributed by atoms with Crippen LogP contribution in [0.5, 0.6) is 0 Å². The van der Waals surface area contributed by atoms with Crippen LogP contribution in [0.25, 0.3) is 11.4 Å². The van der Waals surface area contributed by atoms with Crippen LogP contribution in [-0.4, -0.2) is 34.0 Å². The van der Waals surface area contributed by atoms with Gasteiger partial charge in [0.25, 0.3) is 0 Å². The SMILES string of the molecule is Cc1cccc(NC(=O)C2CCN(Cc3nc(-c4ccc(Cl)cc4)no3)CC2)c1C.